The fraction of sp³-hybridized carbons (Fsp3) is 0.625. The van der Waals surface area contributed by atoms with Crippen LogP contribution in [-0.4, -0.2) is 48.5 Å². The SMILES string of the molecule is CCCCC[C@H](N)C(=O)NCCOC(=O)Oc1c(C(C)C)cccc1C(C)C.O=C(O)C(F)(F)F. The minimum absolute atomic E-state index is 0.0348. The Morgan fingerprint density at radius 1 is 1.06 bits per heavy atom. The Kier molecular flexibility index (Phi) is 14.7. The molecule has 1 aromatic carbocycles. The van der Waals surface area contributed by atoms with Crippen LogP contribution in [0.25, 0.3) is 0 Å². The topological polar surface area (TPSA) is 128 Å². The van der Waals surface area contributed by atoms with Gasteiger partial charge in [0.25, 0.3) is 0 Å². The molecule has 11 heteroatoms. The number of carboxylic acid groups (broad SMARTS) is 1. The number of ether oxygens (including phenoxy) is 2. The van der Waals surface area contributed by atoms with Crippen LogP contribution in [0.15, 0.2) is 18.2 Å². The lowest BCUT2D eigenvalue weighted by atomic mass is 9.94. The predicted molar refractivity (Wildman–Crippen MR) is 125 cm³/mol. The van der Waals surface area contributed by atoms with E-state index in [4.69, 9.17) is 25.1 Å². The van der Waals surface area contributed by atoms with Crippen LogP contribution >= 0.6 is 0 Å². The average Bonchev–Trinajstić information content (AvgIpc) is 2.76. The molecule has 0 saturated carbocycles. The van der Waals surface area contributed by atoms with Crippen molar-refractivity contribution in [3.05, 3.63) is 29.3 Å². The number of nitrogens with one attached hydrogen (secondary N) is 1. The number of alkyl halides is 3. The fourth-order valence-electron chi connectivity index (χ4n) is 2.90. The van der Waals surface area contributed by atoms with Gasteiger partial charge < -0.3 is 25.6 Å². The number of hydrogen-bond donors (Lipinski definition) is 3. The highest BCUT2D eigenvalue weighted by atomic mass is 19.4. The molecule has 1 atom stereocenters. The molecule has 0 bridgehead atoms. The number of benzene rings is 1. The zero-order valence-electron chi connectivity index (χ0n) is 20.9. The van der Waals surface area contributed by atoms with Crippen molar-refractivity contribution in [1.82, 2.24) is 5.32 Å². The van der Waals surface area contributed by atoms with E-state index in [-0.39, 0.29) is 30.9 Å². The van der Waals surface area contributed by atoms with Crippen molar-refractivity contribution in [1.29, 1.82) is 0 Å². The van der Waals surface area contributed by atoms with Gasteiger partial charge in [-0.2, -0.15) is 13.2 Å². The van der Waals surface area contributed by atoms with Gasteiger partial charge in [-0.05, 0) is 29.4 Å². The van der Waals surface area contributed by atoms with Crippen molar-refractivity contribution >= 4 is 18.0 Å². The van der Waals surface area contributed by atoms with E-state index in [1.165, 1.54) is 0 Å². The van der Waals surface area contributed by atoms with Gasteiger partial charge in [-0.3, -0.25) is 4.79 Å². The first-order valence-electron chi connectivity index (χ1n) is 11.5. The van der Waals surface area contributed by atoms with Gasteiger partial charge in [-0.25, -0.2) is 9.59 Å². The molecule has 0 aliphatic heterocycles. The maximum absolute atomic E-state index is 12.1. The van der Waals surface area contributed by atoms with Crippen molar-refractivity contribution < 1.29 is 42.1 Å². The number of rotatable bonds is 11. The summed E-state index contributed by atoms with van der Waals surface area (Å²) in [5.41, 5.74) is 7.78. The number of nitrogens with two attached hydrogens (primary N) is 1. The molecular formula is C24H37F3N2O6. The Hall–Kier alpha value is -2.82. The van der Waals surface area contributed by atoms with Crippen LogP contribution in [-0.2, 0) is 14.3 Å². The third-order valence-corrected chi connectivity index (χ3v) is 4.82. The molecule has 0 aliphatic rings. The molecule has 0 aromatic heterocycles. The molecule has 0 fully saturated rings. The number of carboxylic acids is 1. The highest BCUT2D eigenvalue weighted by Gasteiger charge is 2.38. The van der Waals surface area contributed by atoms with Crippen LogP contribution in [0.3, 0.4) is 0 Å². The summed E-state index contributed by atoms with van der Waals surface area (Å²) in [6, 6.07) is 5.37. The summed E-state index contributed by atoms with van der Waals surface area (Å²) in [6.45, 7) is 10.6. The molecule has 0 radical (unpaired) electrons. The lowest BCUT2D eigenvalue weighted by Crippen LogP contribution is -2.42. The molecule has 8 nitrogen and oxygen atoms in total. The molecule has 1 aromatic rings. The normalized spacial score (nSPS) is 12.0. The zero-order chi connectivity index (χ0) is 27.2. The minimum Gasteiger partial charge on any atom is -0.475 e. The molecule has 200 valence electrons. The molecule has 0 heterocycles. The second-order valence-corrected chi connectivity index (χ2v) is 8.47. The maximum Gasteiger partial charge on any atom is 0.513 e. The smallest absolute Gasteiger partial charge is 0.475 e. The first kappa shape index (κ1) is 32.2. The van der Waals surface area contributed by atoms with E-state index in [1.54, 1.807) is 0 Å². The van der Waals surface area contributed by atoms with E-state index < -0.39 is 24.3 Å². The van der Waals surface area contributed by atoms with E-state index in [2.05, 4.69) is 39.9 Å². The van der Waals surface area contributed by atoms with Crippen LogP contribution in [0.1, 0.15) is 83.3 Å². The van der Waals surface area contributed by atoms with Gasteiger partial charge in [0.05, 0.1) is 12.6 Å². The van der Waals surface area contributed by atoms with Crippen LogP contribution in [0.4, 0.5) is 18.0 Å². The molecule has 0 spiro atoms. The van der Waals surface area contributed by atoms with E-state index in [9.17, 15) is 22.8 Å². The molecular weight excluding hydrogens is 469 g/mol. The van der Waals surface area contributed by atoms with Gasteiger partial charge in [-0.15, -0.1) is 0 Å². The maximum atomic E-state index is 12.1. The van der Waals surface area contributed by atoms with Crippen LogP contribution in [0, 0.1) is 0 Å². The van der Waals surface area contributed by atoms with Gasteiger partial charge in [0.15, 0.2) is 0 Å². The van der Waals surface area contributed by atoms with Gasteiger partial charge in [0.2, 0.25) is 5.91 Å². The van der Waals surface area contributed by atoms with Gasteiger partial charge >= 0.3 is 18.3 Å². The van der Waals surface area contributed by atoms with Gasteiger partial charge in [0, 0.05) is 0 Å². The third-order valence-electron chi connectivity index (χ3n) is 4.82. The van der Waals surface area contributed by atoms with Crippen LogP contribution < -0.4 is 15.8 Å². The van der Waals surface area contributed by atoms with Crippen molar-refractivity contribution in [2.75, 3.05) is 13.2 Å². The highest BCUT2D eigenvalue weighted by molar-refractivity contribution is 5.81. The molecule has 35 heavy (non-hydrogen) atoms. The summed E-state index contributed by atoms with van der Waals surface area (Å²) < 4.78 is 42.4. The lowest BCUT2D eigenvalue weighted by Gasteiger charge is -2.18. The first-order valence-corrected chi connectivity index (χ1v) is 11.5. The van der Waals surface area contributed by atoms with Crippen molar-refractivity contribution in [2.24, 2.45) is 5.73 Å². The number of amides is 1. The molecule has 1 amide bonds. The number of carbonyl (C=O) groups is 3. The van der Waals surface area contributed by atoms with E-state index in [1.807, 2.05) is 18.2 Å². The Bertz CT molecular complexity index is 787. The average molecular weight is 507 g/mol. The van der Waals surface area contributed by atoms with Crippen molar-refractivity contribution in [3.63, 3.8) is 0 Å². The van der Waals surface area contributed by atoms with Crippen molar-refractivity contribution in [2.45, 2.75) is 84.4 Å². The largest absolute Gasteiger partial charge is 0.513 e. The van der Waals surface area contributed by atoms with Gasteiger partial charge in [0.1, 0.15) is 12.4 Å². The quantitative estimate of drug-likeness (QED) is 0.216. The van der Waals surface area contributed by atoms with Crippen LogP contribution in [0.5, 0.6) is 5.75 Å². The Balaban J connectivity index is 0.00000143. The monoisotopic (exact) mass is 506 g/mol. The summed E-state index contributed by atoms with van der Waals surface area (Å²) in [4.78, 5) is 32.9. The number of unbranched alkanes of at least 4 members (excludes halogenated alkanes) is 2. The Morgan fingerprint density at radius 3 is 2.00 bits per heavy atom. The summed E-state index contributed by atoms with van der Waals surface area (Å²) in [5, 5.41) is 9.82. The standard InChI is InChI=1S/C22H36N2O4.C2HF3O2/c1-6-7-8-12-19(23)21(25)24-13-14-27-22(26)28-20-17(15(2)3)10-9-11-18(20)16(4)5;3-2(4,5)1(6)7/h9-11,15-16,19H,6-8,12-14,23H2,1-5H3,(H,24,25);(H,6,7)/t19-;/m0./s1. The summed E-state index contributed by atoms with van der Waals surface area (Å²) >= 11 is 0. The molecule has 0 saturated heterocycles. The van der Waals surface area contributed by atoms with E-state index in [0.29, 0.717) is 12.2 Å². The van der Waals surface area contributed by atoms with E-state index in [0.717, 1.165) is 30.4 Å². The molecule has 0 aliphatic carbocycles. The zero-order valence-corrected chi connectivity index (χ0v) is 20.9. The summed E-state index contributed by atoms with van der Waals surface area (Å²) in [7, 11) is 0. The number of carbonyl (C=O) groups excluding carboxylic acids is 2. The molecule has 0 unspecified atom stereocenters. The Labute approximate surface area is 204 Å². The van der Waals surface area contributed by atoms with Crippen molar-refractivity contribution in [3.8, 4) is 5.75 Å². The van der Waals surface area contributed by atoms with E-state index >= 15 is 0 Å². The fourth-order valence-corrected chi connectivity index (χ4v) is 2.90. The Morgan fingerprint density at radius 2 is 1.57 bits per heavy atom. The number of hydrogen-bond acceptors (Lipinski definition) is 6. The second kappa shape index (κ2) is 16.0. The van der Waals surface area contributed by atoms with Crippen LogP contribution in [0.2, 0.25) is 0 Å². The van der Waals surface area contributed by atoms with Gasteiger partial charge in [-0.1, -0.05) is 72.1 Å². The number of aliphatic carboxylic acids is 1. The predicted octanol–water partition coefficient (Wildman–Crippen LogP) is 5.11. The minimum atomic E-state index is -5.08. The highest BCUT2D eigenvalue weighted by Crippen LogP contribution is 2.34. The number of para-hydroxylation sites is 1. The summed E-state index contributed by atoms with van der Waals surface area (Å²) in [5.74, 6) is -1.97. The lowest BCUT2D eigenvalue weighted by molar-refractivity contribution is -0.192. The molecule has 4 N–H and O–H groups in total. The summed E-state index contributed by atoms with van der Waals surface area (Å²) in [6.07, 6.45) is -2.11. The second-order valence-electron chi connectivity index (χ2n) is 8.47. The number of halogens is 3. The first-order chi connectivity index (χ1) is 16.2. The molecule has 1 rings (SSSR count). The third kappa shape index (κ3) is 13.0.